The number of benzene rings is 11. The molecule has 3 heteroatoms. The standard InChI is InChI=1S/C66H45NO2/c1-38-18-28-61-55(30-38)57-34-40(3)32-51(65(57)68-61)44-22-26-59-53(36-44)54-37-45(52-33-41(4)35-58-56-31-39(2)19-29-62(56)69-66(52)58)23-27-60(54)67(59)46-24-20-43(21-25-46)64-49-16-10-8-14-47(49)63(42-12-6-5-7-13-42)48-15-9-11-17-50(48)64/h5-37H,1-4H3. The van der Waals surface area contributed by atoms with E-state index in [-0.39, 0.29) is 0 Å². The van der Waals surface area contributed by atoms with E-state index in [9.17, 15) is 0 Å². The fourth-order valence-corrected chi connectivity index (χ4v) is 11.5. The van der Waals surface area contributed by atoms with Crippen molar-refractivity contribution in [3.8, 4) is 50.2 Å². The van der Waals surface area contributed by atoms with Gasteiger partial charge in [-0.2, -0.15) is 0 Å². The first-order valence-corrected chi connectivity index (χ1v) is 23.9. The topological polar surface area (TPSA) is 31.2 Å². The molecule has 3 nitrogen and oxygen atoms in total. The van der Waals surface area contributed by atoms with Crippen molar-refractivity contribution in [2.75, 3.05) is 0 Å². The molecular weight excluding hydrogens is 839 g/mol. The number of hydrogen-bond acceptors (Lipinski definition) is 2. The van der Waals surface area contributed by atoms with E-state index < -0.39 is 0 Å². The van der Waals surface area contributed by atoms with Gasteiger partial charge in [-0.05, 0) is 179 Å². The lowest BCUT2D eigenvalue weighted by molar-refractivity contribution is 0.669. The zero-order valence-corrected chi connectivity index (χ0v) is 38.8. The largest absolute Gasteiger partial charge is 0.455 e. The van der Waals surface area contributed by atoms with Gasteiger partial charge >= 0.3 is 0 Å². The summed E-state index contributed by atoms with van der Waals surface area (Å²) in [5.74, 6) is 0. The Kier molecular flexibility index (Phi) is 8.54. The first-order chi connectivity index (χ1) is 33.8. The summed E-state index contributed by atoms with van der Waals surface area (Å²) in [4.78, 5) is 0. The summed E-state index contributed by atoms with van der Waals surface area (Å²) in [6.07, 6.45) is 0. The van der Waals surface area contributed by atoms with E-state index in [0.29, 0.717) is 0 Å². The maximum Gasteiger partial charge on any atom is 0.143 e. The number of nitrogens with zero attached hydrogens (tertiary/aromatic N) is 1. The molecule has 0 N–H and O–H groups in total. The van der Waals surface area contributed by atoms with Crippen molar-refractivity contribution in [3.05, 3.63) is 222 Å². The zero-order chi connectivity index (χ0) is 46.1. The van der Waals surface area contributed by atoms with E-state index in [2.05, 4.69) is 232 Å². The van der Waals surface area contributed by atoms with Crippen molar-refractivity contribution in [2.24, 2.45) is 0 Å². The minimum Gasteiger partial charge on any atom is -0.455 e. The summed E-state index contributed by atoms with van der Waals surface area (Å²) in [6, 6.07) is 73.7. The molecule has 0 aliphatic rings. The third-order valence-corrected chi connectivity index (χ3v) is 14.5. The monoisotopic (exact) mass is 883 g/mol. The summed E-state index contributed by atoms with van der Waals surface area (Å²) in [5.41, 5.74) is 21.2. The fraction of sp³-hybridized carbons (Fsp3) is 0.0606. The molecule has 14 aromatic rings. The fourth-order valence-electron chi connectivity index (χ4n) is 11.5. The molecule has 69 heavy (non-hydrogen) atoms. The predicted molar refractivity (Wildman–Crippen MR) is 291 cm³/mol. The van der Waals surface area contributed by atoms with E-state index in [1.54, 1.807) is 0 Å². The Morgan fingerprint density at radius 2 is 0.696 bits per heavy atom. The van der Waals surface area contributed by atoms with E-state index in [0.717, 1.165) is 82.9 Å². The third-order valence-electron chi connectivity index (χ3n) is 14.5. The van der Waals surface area contributed by atoms with Crippen LogP contribution < -0.4 is 0 Å². The summed E-state index contributed by atoms with van der Waals surface area (Å²) < 4.78 is 15.8. The quantitative estimate of drug-likeness (QED) is 0.161. The number of aryl methyl sites for hydroxylation is 4. The molecule has 0 amide bonds. The summed E-state index contributed by atoms with van der Waals surface area (Å²) in [6.45, 7) is 8.65. The van der Waals surface area contributed by atoms with Gasteiger partial charge in [0.25, 0.3) is 0 Å². The van der Waals surface area contributed by atoms with Gasteiger partial charge in [0.15, 0.2) is 0 Å². The Bertz CT molecular complexity index is 4210. The van der Waals surface area contributed by atoms with Gasteiger partial charge in [-0.15, -0.1) is 0 Å². The van der Waals surface area contributed by atoms with Crippen LogP contribution in [0.1, 0.15) is 22.3 Å². The normalized spacial score (nSPS) is 12.1. The molecule has 0 unspecified atom stereocenters. The Morgan fingerprint density at radius 1 is 0.290 bits per heavy atom. The van der Waals surface area contributed by atoms with Crippen LogP contribution in [-0.2, 0) is 0 Å². The molecule has 0 radical (unpaired) electrons. The molecule has 0 bridgehead atoms. The van der Waals surface area contributed by atoms with Gasteiger partial charge in [0.2, 0.25) is 0 Å². The van der Waals surface area contributed by atoms with Gasteiger partial charge in [-0.3, -0.25) is 0 Å². The highest BCUT2D eigenvalue weighted by Gasteiger charge is 2.21. The molecule has 3 heterocycles. The molecule has 326 valence electrons. The number of hydrogen-bond donors (Lipinski definition) is 0. The van der Waals surface area contributed by atoms with Crippen LogP contribution in [0.15, 0.2) is 209 Å². The van der Waals surface area contributed by atoms with Crippen molar-refractivity contribution in [2.45, 2.75) is 27.7 Å². The number of furan rings is 2. The molecule has 0 atom stereocenters. The first kappa shape index (κ1) is 39.5. The van der Waals surface area contributed by atoms with Crippen LogP contribution in [0.5, 0.6) is 0 Å². The maximum absolute atomic E-state index is 6.70. The third kappa shape index (κ3) is 6.07. The number of fused-ring (bicyclic) bond motifs is 11. The molecule has 0 fully saturated rings. The van der Waals surface area contributed by atoms with Crippen molar-refractivity contribution in [3.63, 3.8) is 0 Å². The second-order valence-corrected chi connectivity index (χ2v) is 19.1. The van der Waals surface area contributed by atoms with Crippen LogP contribution in [0.2, 0.25) is 0 Å². The lowest BCUT2D eigenvalue weighted by Crippen LogP contribution is -1.95. The molecular formula is C66H45NO2. The van der Waals surface area contributed by atoms with Gasteiger partial charge in [0.1, 0.15) is 22.3 Å². The van der Waals surface area contributed by atoms with Crippen LogP contribution in [0.3, 0.4) is 0 Å². The Morgan fingerprint density at radius 3 is 1.16 bits per heavy atom. The maximum atomic E-state index is 6.70. The minimum absolute atomic E-state index is 0.909. The second kappa shape index (κ2) is 14.9. The Balaban J connectivity index is 0.989. The van der Waals surface area contributed by atoms with Crippen LogP contribution in [0, 0.1) is 27.7 Å². The number of aromatic nitrogens is 1. The van der Waals surface area contributed by atoms with Gasteiger partial charge < -0.3 is 13.4 Å². The molecule has 0 saturated carbocycles. The van der Waals surface area contributed by atoms with Crippen molar-refractivity contribution in [1.82, 2.24) is 4.57 Å². The van der Waals surface area contributed by atoms with Gasteiger partial charge in [-0.1, -0.05) is 126 Å². The van der Waals surface area contributed by atoms with Gasteiger partial charge in [-0.25, -0.2) is 0 Å². The average Bonchev–Trinajstić information content (AvgIpc) is 4.04. The lowest BCUT2D eigenvalue weighted by Gasteiger charge is -2.18. The Hall–Kier alpha value is -8.66. The minimum atomic E-state index is 0.909. The van der Waals surface area contributed by atoms with E-state index in [1.807, 2.05) is 0 Å². The van der Waals surface area contributed by atoms with E-state index in [4.69, 9.17) is 8.83 Å². The molecule has 3 aromatic heterocycles. The first-order valence-electron chi connectivity index (χ1n) is 23.9. The smallest absolute Gasteiger partial charge is 0.143 e. The molecule has 0 aliphatic heterocycles. The van der Waals surface area contributed by atoms with E-state index in [1.165, 1.54) is 76.8 Å². The lowest BCUT2D eigenvalue weighted by atomic mass is 9.86. The number of rotatable bonds is 5. The summed E-state index contributed by atoms with van der Waals surface area (Å²) in [5, 5.41) is 11.9. The SMILES string of the molecule is Cc1ccc2oc3c(-c4ccc5c(c4)c4cc(-c6cc(C)cc7c6oc6ccc(C)cc67)ccc4n5-c4ccc(-c5c6ccccc6c(-c6ccccc6)c6ccccc56)cc4)cc(C)cc3c2c1. The molecule has 14 rings (SSSR count). The zero-order valence-electron chi connectivity index (χ0n) is 38.8. The van der Waals surface area contributed by atoms with Crippen LogP contribution >= 0.6 is 0 Å². The second-order valence-electron chi connectivity index (χ2n) is 19.1. The van der Waals surface area contributed by atoms with Gasteiger partial charge in [0, 0.05) is 49.1 Å². The van der Waals surface area contributed by atoms with Crippen LogP contribution in [0.4, 0.5) is 0 Å². The average molecular weight is 884 g/mol. The molecule has 0 aliphatic carbocycles. The van der Waals surface area contributed by atoms with Crippen molar-refractivity contribution in [1.29, 1.82) is 0 Å². The van der Waals surface area contributed by atoms with E-state index >= 15 is 0 Å². The highest BCUT2D eigenvalue weighted by molar-refractivity contribution is 6.22. The Labute approximate surface area is 399 Å². The van der Waals surface area contributed by atoms with Crippen molar-refractivity contribution >= 4 is 87.2 Å². The highest BCUT2D eigenvalue weighted by Crippen LogP contribution is 2.46. The highest BCUT2D eigenvalue weighted by atomic mass is 16.3. The van der Waals surface area contributed by atoms with Crippen LogP contribution in [-0.4, -0.2) is 4.57 Å². The predicted octanol–water partition coefficient (Wildman–Crippen LogP) is 18.8. The molecule has 11 aromatic carbocycles. The van der Waals surface area contributed by atoms with Gasteiger partial charge in [0.05, 0.1) is 11.0 Å². The molecule has 0 saturated heterocycles. The summed E-state index contributed by atoms with van der Waals surface area (Å²) in [7, 11) is 0. The molecule has 0 spiro atoms. The summed E-state index contributed by atoms with van der Waals surface area (Å²) >= 11 is 0. The van der Waals surface area contributed by atoms with Crippen LogP contribution in [0.25, 0.3) is 137 Å². The van der Waals surface area contributed by atoms with Crippen molar-refractivity contribution < 1.29 is 8.83 Å².